The zero-order valence-corrected chi connectivity index (χ0v) is 9.94. The molecule has 0 spiro atoms. The van der Waals surface area contributed by atoms with E-state index in [1.165, 1.54) is 0 Å². The Bertz CT molecular complexity index is 334. The van der Waals surface area contributed by atoms with E-state index in [-0.39, 0.29) is 12.6 Å². The van der Waals surface area contributed by atoms with Crippen LogP contribution in [0.5, 0.6) is 0 Å². The molecular weight excluding hydrogens is 222 g/mol. The number of hydrogen-bond donors (Lipinski definition) is 4. The molecule has 7 nitrogen and oxygen atoms in total. The van der Waals surface area contributed by atoms with Crippen LogP contribution in [-0.2, 0) is 4.74 Å². The summed E-state index contributed by atoms with van der Waals surface area (Å²) in [6.45, 7) is 1.77. The summed E-state index contributed by atoms with van der Waals surface area (Å²) in [5.41, 5.74) is 5.55. The highest BCUT2D eigenvalue weighted by molar-refractivity contribution is 5.50. The van der Waals surface area contributed by atoms with Crippen LogP contribution in [0.4, 0.5) is 17.6 Å². The lowest BCUT2D eigenvalue weighted by atomic mass is 10.4. The Labute approximate surface area is 100 Å². The lowest BCUT2D eigenvalue weighted by Crippen LogP contribution is -2.10. The maximum Gasteiger partial charge on any atom is 0.223 e. The van der Waals surface area contributed by atoms with Crippen molar-refractivity contribution < 1.29 is 9.84 Å². The fourth-order valence-electron chi connectivity index (χ4n) is 1.24. The SMILES string of the molecule is CNc1cc(NCCCOCCO)nc(N)n1. The number of aromatic nitrogens is 2. The van der Waals surface area contributed by atoms with Crippen LogP contribution in [0, 0.1) is 0 Å². The van der Waals surface area contributed by atoms with Gasteiger partial charge in [0.15, 0.2) is 0 Å². The highest BCUT2D eigenvalue weighted by atomic mass is 16.5. The van der Waals surface area contributed by atoms with Crippen molar-refractivity contribution in [2.24, 2.45) is 0 Å². The first-order chi connectivity index (χ1) is 8.26. The first kappa shape index (κ1) is 13.5. The number of hydrogen-bond acceptors (Lipinski definition) is 7. The molecular formula is C10H19N5O2. The monoisotopic (exact) mass is 241 g/mol. The van der Waals surface area contributed by atoms with Crippen molar-refractivity contribution in [3.8, 4) is 0 Å². The number of nitrogen functional groups attached to an aromatic ring is 1. The van der Waals surface area contributed by atoms with Crippen molar-refractivity contribution in [1.82, 2.24) is 9.97 Å². The number of nitrogens with two attached hydrogens (primary N) is 1. The summed E-state index contributed by atoms with van der Waals surface area (Å²) in [4.78, 5) is 8.03. The minimum absolute atomic E-state index is 0.0569. The number of anilines is 3. The molecule has 0 saturated heterocycles. The predicted octanol–water partition coefficient (Wildman–Crippen LogP) is -0.0886. The Morgan fingerprint density at radius 1 is 1.35 bits per heavy atom. The molecule has 5 N–H and O–H groups in total. The summed E-state index contributed by atoms with van der Waals surface area (Å²) >= 11 is 0. The lowest BCUT2D eigenvalue weighted by molar-refractivity contribution is 0.0922. The van der Waals surface area contributed by atoms with Gasteiger partial charge in [0.2, 0.25) is 5.95 Å². The highest BCUT2D eigenvalue weighted by Gasteiger charge is 2.00. The fourth-order valence-corrected chi connectivity index (χ4v) is 1.24. The predicted molar refractivity (Wildman–Crippen MR) is 67.0 cm³/mol. The molecule has 0 atom stereocenters. The third-order valence-corrected chi connectivity index (χ3v) is 2.01. The van der Waals surface area contributed by atoms with Crippen LogP contribution >= 0.6 is 0 Å². The second-order valence-electron chi connectivity index (χ2n) is 3.36. The topological polar surface area (TPSA) is 105 Å². The number of nitrogens with one attached hydrogen (secondary N) is 2. The minimum atomic E-state index is 0.0569. The van der Waals surface area contributed by atoms with Crippen LogP contribution in [0.1, 0.15) is 6.42 Å². The molecule has 0 fully saturated rings. The van der Waals surface area contributed by atoms with Gasteiger partial charge in [-0.1, -0.05) is 0 Å². The molecule has 0 saturated carbocycles. The maximum absolute atomic E-state index is 8.51. The normalized spacial score (nSPS) is 10.2. The van der Waals surface area contributed by atoms with Crippen LogP contribution in [0.3, 0.4) is 0 Å². The van der Waals surface area contributed by atoms with Gasteiger partial charge in [0.25, 0.3) is 0 Å². The molecule has 1 rings (SSSR count). The maximum atomic E-state index is 8.51. The third-order valence-electron chi connectivity index (χ3n) is 2.01. The van der Waals surface area contributed by atoms with E-state index in [0.717, 1.165) is 13.0 Å². The Morgan fingerprint density at radius 3 is 2.82 bits per heavy atom. The largest absolute Gasteiger partial charge is 0.394 e. The van der Waals surface area contributed by atoms with Gasteiger partial charge in [0.05, 0.1) is 13.2 Å². The van der Waals surface area contributed by atoms with E-state index in [1.807, 2.05) is 0 Å². The zero-order chi connectivity index (χ0) is 12.5. The van der Waals surface area contributed by atoms with Crippen LogP contribution < -0.4 is 16.4 Å². The molecule has 96 valence electrons. The van der Waals surface area contributed by atoms with Gasteiger partial charge in [-0.3, -0.25) is 0 Å². The van der Waals surface area contributed by atoms with Gasteiger partial charge in [-0.15, -0.1) is 0 Å². The van der Waals surface area contributed by atoms with Crippen LogP contribution in [-0.4, -0.2) is 48.5 Å². The molecule has 0 aromatic carbocycles. The van der Waals surface area contributed by atoms with Gasteiger partial charge >= 0.3 is 0 Å². The molecule has 0 aliphatic heterocycles. The Kier molecular flexibility index (Phi) is 6.05. The van der Waals surface area contributed by atoms with Crippen LogP contribution in [0.2, 0.25) is 0 Å². The van der Waals surface area contributed by atoms with E-state index in [9.17, 15) is 0 Å². The second kappa shape index (κ2) is 7.64. The minimum Gasteiger partial charge on any atom is -0.394 e. The third kappa shape index (κ3) is 5.32. The fraction of sp³-hybridized carbons (Fsp3) is 0.600. The smallest absolute Gasteiger partial charge is 0.223 e. The zero-order valence-electron chi connectivity index (χ0n) is 9.94. The molecule has 7 heteroatoms. The van der Waals surface area contributed by atoms with Crippen LogP contribution in [0.25, 0.3) is 0 Å². The molecule has 0 unspecified atom stereocenters. The standard InChI is InChI=1S/C10H19N5O2/c1-12-8-7-9(15-10(11)14-8)13-3-2-5-17-6-4-16/h7,16H,2-6H2,1H3,(H4,11,12,13,14,15). The Morgan fingerprint density at radius 2 is 2.12 bits per heavy atom. The van der Waals surface area contributed by atoms with Crippen molar-refractivity contribution >= 4 is 17.6 Å². The van der Waals surface area contributed by atoms with Crippen LogP contribution in [0.15, 0.2) is 6.07 Å². The Hall–Kier alpha value is -1.60. The van der Waals surface area contributed by atoms with Crippen molar-refractivity contribution in [2.75, 3.05) is 49.8 Å². The van der Waals surface area contributed by atoms with Gasteiger partial charge in [0.1, 0.15) is 11.6 Å². The van der Waals surface area contributed by atoms with Crippen molar-refractivity contribution in [1.29, 1.82) is 0 Å². The van der Waals surface area contributed by atoms with Crippen molar-refractivity contribution in [3.05, 3.63) is 6.07 Å². The van der Waals surface area contributed by atoms with Crippen molar-refractivity contribution in [2.45, 2.75) is 6.42 Å². The van der Waals surface area contributed by atoms with Gasteiger partial charge in [-0.05, 0) is 6.42 Å². The summed E-state index contributed by atoms with van der Waals surface area (Å²) in [5.74, 6) is 1.59. The highest BCUT2D eigenvalue weighted by Crippen LogP contribution is 2.11. The average molecular weight is 241 g/mol. The van der Waals surface area contributed by atoms with E-state index < -0.39 is 0 Å². The number of nitrogens with zero attached hydrogens (tertiary/aromatic N) is 2. The number of aliphatic hydroxyl groups excluding tert-OH is 1. The number of rotatable bonds is 8. The Balaban J connectivity index is 2.28. The lowest BCUT2D eigenvalue weighted by Gasteiger charge is -2.08. The van der Waals surface area contributed by atoms with E-state index in [1.54, 1.807) is 13.1 Å². The summed E-state index contributed by atoms with van der Waals surface area (Å²) < 4.78 is 5.13. The summed E-state index contributed by atoms with van der Waals surface area (Å²) in [7, 11) is 1.77. The molecule has 1 aromatic heterocycles. The van der Waals surface area contributed by atoms with Gasteiger partial charge in [0, 0.05) is 26.3 Å². The van der Waals surface area contributed by atoms with E-state index >= 15 is 0 Å². The molecule has 0 bridgehead atoms. The average Bonchev–Trinajstić information content (AvgIpc) is 2.33. The van der Waals surface area contributed by atoms with Crippen molar-refractivity contribution in [3.63, 3.8) is 0 Å². The number of aliphatic hydroxyl groups is 1. The molecule has 17 heavy (non-hydrogen) atoms. The van der Waals surface area contributed by atoms with E-state index in [4.69, 9.17) is 15.6 Å². The van der Waals surface area contributed by atoms with Gasteiger partial charge < -0.3 is 26.2 Å². The first-order valence-corrected chi connectivity index (χ1v) is 5.51. The number of ether oxygens (including phenoxy) is 1. The van der Waals surface area contributed by atoms with Gasteiger partial charge in [-0.25, -0.2) is 0 Å². The molecule has 0 amide bonds. The summed E-state index contributed by atoms with van der Waals surface area (Å²) in [6.07, 6.45) is 0.832. The first-order valence-electron chi connectivity index (χ1n) is 5.51. The molecule has 1 aromatic rings. The molecule has 0 aliphatic carbocycles. The second-order valence-corrected chi connectivity index (χ2v) is 3.36. The van der Waals surface area contributed by atoms with Gasteiger partial charge in [-0.2, -0.15) is 9.97 Å². The van der Waals surface area contributed by atoms with E-state index in [0.29, 0.717) is 24.8 Å². The molecule has 0 aliphatic rings. The van der Waals surface area contributed by atoms with E-state index in [2.05, 4.69) is 20.6 Å². The molecule has 0 radical (unpaired) electrons. The quantitative estimate of drug-likeness (QED) is 0.471. The summed E-state index contributed by atoms with van der Waals surface area (Å²) in [5, 5.41) is 14.5. The molecule has 1 heterocycles. The summed E-state index contributed by atoms with van der Waals surface area (Å²) in [6, 6.07) is 1.78.